The molecule has 0 N–H and O–H groups in total. The Morgan fingerprint density at radius 3 is 2.32 bits per heavy atom. The van der Waals surface area contributed by atoms with Crippen LogP contribution in [0.2, 0.25) is 0 Å². The molecule has 0 spiro atoms. The lowest BCUT2D eigenvalue weighted by molar-refractivity contribution is -0.129. The molecule has 2 aromatic carbocycles. The summed E-state index contributed by atoms with van der Waals surface area (Å²) in [6.45, 7) is 9.39. The van der Waals surface area contributed by atoms with Gasteiger partial charge in [0.15, 0.2) is 0 Å². The van der Waals surface area contributed by atoms with E-state index in [9.17, 15) is 18.2 Å². The van der Waals surface area contributed by atoms with E-state index >= 15 is 0 Å². The number of amides is 2. The summed E-state index contributed by atoms with van der Waals surface area (Å²) in [4.78, 5) is 30.1. The third kappa shape index (κ3) is 6.41. The zero-order valence-corrected chi connectivity index (χ0v) is 23.5. The molecule has 0 bridgehead atoms. The summed E-state index contributed by atoms with van der Waals surface area (Å²) in [5.74, 6) is -0.392. The highest BCUT2D eigenvalue weighted by Crippen LogP contribution is 2.44. The number of hydrogen-bond donors (Lipinski definition) is 0. The summed E-state index contributed by atoms with van der Waals surface area (Å²) in [7, 11) is -1.06. The van der Waals surface area contributed by atoms with Gasteiger partial charge in [-0.05, 0) is 97.9 Å². The Labute approximate surface area is 226 Å². The summed E-state index contributed by atoms with van der Waals surface area (Å²) in [6, 6.07) is 12.2. The van der Waals surface area contributed by atoms with E-state index in [2.05, 4.69) is 0 Å². The van der Waals surface area contributed by atoms with Crippen molar-refractivity contribution in [3.63, 3.8) is 0 Å². The second-order valence-electron chi connectivity index (χ2n) is 10.8. The number of rotatable bonds is 4. The molecular formula is C30H35FN2O4S. The van der Waals surface area contributed by atoms with E-state index in [0.717, 1.165) is 38.3 Å². The van der Waals surface area contributed by atoms with Crippen LogP contribution in [0.4, 0.5) is 9.18 Å². The fourth-order valence-electron chi connectivity index (χ4n) is 4.84. The Hall–Kier alpha value is -3.26. The van der Waals surface area contributed by atoms with Crippen LogP contribution in [0.3, 0.4) is 0 Å². The molecule has 6 nitrogen and oxygen atoms in total. The van der Waals surface area contributed by atoms with Crippen molar-refractivity contribution in [1.29, 1.82) is 0 Å². The molecule has 1 fully saturated rings. The molecule has 1 heterocycles. The Morgan fingerprint density at radius 1 is 1.00 bits per heavy atom. The largest absolute Gasteiger partial charge is 0.444 e. The summed E-state index contributed by atoms with van der Waals surface area (Å²) in [5.41, 5.74) is 4.69. The molecule has 1 atom stereocenters. The first-order chi connectivity index (χ1) is 17.9. The quantitative estimate of drug-likeness (QED) is 0.497. The van der Waals surface area contributed by atoms with E-state index in [1.165, 1.54) is 12.1 Å². The van der Waals surface area contributed by atoms with Crippen molar-refractivity contribution in [3.05, 3.63) is 70.5 Å². The minimum atomic E-state index is -1.06. The number of carbonyl (C=O) groups excluding carboxylic acids is 2. The predicted octanol–water partition coefficient (Wildman–Crippen LogP) is 5.75. The monoisotopic (exact) mass is 538 g/mol. The summed E-state index contributed by atoms with van der Waals surface area (Å²) in [6.07, 6.45) is 4.12. The lowest BCUT2D eigenvalue weighted by Crippen LogP contribution is -2.40. The Balaban J connectivity index is 1.55. The highest BCUT2D eigenvalue weighted by Gasteiger charge is 2.29. The molecule has 4 rings (SSSR count). The molecule has 1 aliphatic heterocycles. The number of benzene rings is 2. The maximum absolute atomic E-state index is 14.3. The number of nitrogens with zero attached hydrogens (tertiary/aromatic N) is 2. The molecule has 2 aromatic rings. The SMILES string of the molecule is CC1=C(CC(=O)N2CCCN(C(=O)OC(C)(C)C)CC2)c2cc(F)ccc2/C1=C\c1ccc(S(C)=O)cc1. The van der Waals surface area contributed by atoms with Crippen LogP contribution >= 0.6 is 0 Å². The van der Waals surface area contributed by atoms with Crippen molar-refractivity contribution < 1.29 is 22.9 Å². The fourth-order valence-corrected chi connectivity index (χ4v) is 5.36. The van der Waals surface area contributed by atoms with E-state index in [-0.39, 0.29) is 24.2 Å². The molecule has 8 heteroatoms. The second kappa shape index (κ2) is 11.2. The molecule has 1 unspecified atom stereocenters. The van der Waals surface area contributed by atoms with Crippen LogP contribution in [0.15, 0.2) is 52.9 Å². The Kier molecular flexibility index (Phi) is 8.21. The average Bonchev–Trinajstić information content (AvgIpc) is 3.00. The van der Waals surface area contributed by atoms with Gasteiger partial charge in [0.05, 0.1) is 6.42 Å². The molecule has 0 radical (unpaired) electrons. The normalized spacial score (nSPS) is 17.9. The third-order valence-electron chi connectivity index (χ3n) is 6.80. The van der Waals surface area contributed by atoms with Crippen LogP contribution in [-0.4, -0.2) is 64.0 Å². The number of carbonyl (C=O) groups is 2. The van der Waals surface area contributed by atoms with Gasteiger partial charge >= 0.3 is 6.09 Å². The van der Waals surface area contributed by atoms with Crippen molar-refractivity contribution in [3.8, 4) is 0 Å². The van der Waals surface area contributed by atoms with Gasteiger partial charge in [0.25, 0.3) is 0 Å². The van der Waals surface area contributed by atoms with Crippen molar-refractivity contribution in [2.24, 2.45) is 0 Å². The number of hydrogen-bond acceptors (Lipinski definition) is 4. The fraction of sp³-hybridized carbons (Fsp3) is 0.400. The van der Waals surface area contributed by atoms with Gasteiger partial charge < -0.3 is 14.5 Å². The number of allylic oxidation sites excluding steroid dienone is 2. The summed E-state index contributed by atoms with van der Waals surface area (Å²) < 4.78 is 31.5. The molecule has 0 saturated carbocycles. The van der Waals surface area contributed by atoms with E-state index in [1.54, 1.807) is 22.1 Å². The minimum absolute atomic E-state index is 0.0448. The van der Waals surface area contributed by atoms with Crippen LogP contribution in [0.1, 0.15) is 57.2 Å². The third-order valence-corrected chi connectivity index (χ3v) is 7.74. The van der Waals surface area contributed by atoms with E-state index in [4.69, 9.17) is 4.74 Å². The maximum atomic E-state index is 14.3. The van der Waals surface area contributed by atoms with Gasteiger partial charge in [-0.1, -0.05) is 18.2 Å². The highest BCUT2D eigenvalue weighted by molar-refractivity contribution is 7.84. The first kappa shape index (κ1) is 27.8. The zero-order valence-electron chi connectivity index (χ0n) is 22.7. The van der Waals surface area contributed by atoms with Crippen LogP contribution in [0, 0.1) is 5.82 Å². The van der Waals surface area contributed by atoms with E-state index in [1.807, 2.05) is 58.0 Å². The topological polar surface area (TPSA) is 66.9 Å². The van der Waals surface area contributed by atoms with Gasteiger partial charge in [0.2, 0.25) is 5.91 Å². The summed E-state index contributed by atoms with van der Waals surface area (Å²) >= 11 is 0. The average molecular weight is 539 g/mol. The molecule has 1 aliphatic carbocycles. The first-order valence-electron chi connectivity index (χ1n) is 12.8. The molecule has 2 aliphatic rings. The van der Waals surface area contributed by atoms with E-state index in [0.29, 0.717) is 32.6 Å². The van der Waals surface area contributed by atoms with Gasteiger partial charge in [-0.15, -0.1) is 0 Å². The first-order valence-corrected chi connectivity index (χ1v) is 14.4. The van der Waals surface area contributed by atoms with Crippen LogP contribution < -0.4 is 0 Å². The molecule has 0 aromatic heterocycles. The van der Waals surface area contributed by atoms with E-state index < -0.39 is 16.4 Å². The number of fused-ring (bicyclic) bond motifs is 1. The maximum Gasteiger partial charge on any atom is 0.410 e. The van der Waals surface area contributed by atoms with Crippen molar-refractivity contribution in [2.75, 3.05) is 32.4 Å². The molecule has 1 saturated heterocycles. The van der Waals surface area contributed by atoms with Crippen LogP contribution in [0.25, 0.3) is 17.2 Å². The molecule has 202 valence electrons. The number of halogens is 1. The molecular weight excluding hydrogens is 503 g/mol. The summed E-state index contributed by atoms with van der Waals surface area (Å²) in [5, 5.41) is 0. The van der Waals surface area contributed by atoms with Crippen LogP contribution in [-0.2, 0) is 20.3 Å². The minimum Gasteiger partial charge on any atom is -0.444 e. The van der Waals surface area contributed by atoms with Gasteiger partial charge in [-0.3, -0.25) is 9.00 Å². The predicted molar refractivity (Wildman–Crippen MR) is 149 cm³/mol. The van der Waals surface area contributed by atoms with Gasteiger partial charge in [-0.2, -0.15) is 0 Å². The zero-order chi connectivity index (χ0) is 27.6. The lowest BCUT2D eigenvalue weighted by atomic mass is 10.0. The lowest BCUT2D eigenvalue weighted by Gasteiger charge is -2.26. The van der Waals surface area contributed by atoms with Gasteiger partial charge in [0, 0.05) is 48.1 Å². The van der Waals surface area contributed by atoms with Gasteiger partial charge in [0.1, 0.15) is 11.4 Å². The molecule has 38 heavy (non-hydrogen) atoms. The highest BCUT2D eigenvalue weighted by atomic mass is 32.2. The number of ether oxygens (including phenoxy) is 1. The van der Waals surface area contributed by atoms with Crippen molar-refractivity contribution in [1.82, 2.24) is 9.80 Å². The standard InChI is InChI=1S/C30H35FN2O4S/c1-20-25(17-21-7-10-23(11-8-21)38(5)36)24-12-9-22(31)18-27(24)26(20)19-28(34)32-13-6-14-33(16-15-32)29(35)37-30(2,3)4/h7-12,17-18H,6,13-16,19H2,1-5H3/b25-17-. The van der Waals surface area contributed by atoms with Crippen molar-refractivity contribution in [2.45, 2.75) is 51.0 Å². The van der Waals surface area contributed by atoms with Crippen LogP contribution in [0.5, 0.6) is 0 Å². The molecule has 2 amide bonds. The Bertz CT molecular complexity index is 1320. The smallest absolute Gasteiger partial charge is 0.410 e. The Morgan fingerprint density at radius 2 is 1.66 bits per heavy atom. The second-order valence-corrected chi connectivity index (χ2v) is 12.1. The van der Waals surface area contributed by atoms with Crippen molar-refractivity contribution >= 4 is 40.0 Å². The van der Waals surface area contributed by atoms with Gasteiger partial charge in [-0.25, -0.2) is 9.18 Å².